The molecule has 0 amide bonds. The zero-order chi connectivity index (χ0) is 17.0. The average molecular weight is 317 g/mol. The van der Waals surface area contributed by atoms with Crippen molar-refractivity contribution in [1.82, 2.24) is 9.13 Å². The summed E-state index contributed by atoms with van der Waals surface area (Å²) in [7, 11) is 1.74. The smallest absolute Gasteiger partial charge is 0.331 e. The zero-order valence-corrected chi connectivity index (χ0v) is 14.3. The van der Waals surface area contributed by atoms with Gasteiger partial charge in [-0.05, 0) is 19.8 Å². The van der Waals surface area contributed by atoms with E-state index < -0.39 is 0 Å². The summed E-state index contributed by atoms with van der Waals surface area (Å²) in [6.45, 7) is 10.4. The summed E-state index contributed by atoms with van der Waals surface area (Å²) in [6, 6.07) is 0.0172. The van der Waals surface area contributed by atoms with Crippen molar-refractivity contribution in [3.63, 3.8) is 0 Å². The lowest BCUT2D eigenvalue weighted by molar-refractivity contribution is 0.331. The Morgan fingerprint density at radius 1 is 1.13 bits per heavy atom. The van der Waals surface area contributed by atoms with E-state index in [4.69, 9.17) is 0 Å². The molecule has 0 bridgehead atoms. The van der Waals surface area contributed by atoms with Crippen LogP contribution in [0.4, 0.5) is 5.69 Å². The molecule has 1 saturated carbocycles. The first-order chi connectivity index (χ1) is 11.0. The molecule has 23 heavy (non-hydrogen) atoms. The van der Waals surface area contributed by atoms with Crippen LogP contribution in [0.1, 0.15) is 43.8 Å². The number of hydrogen-bond donors (Lipinski definition) is 0. The van der Waals surface area contributed by atoms with Crippen LogP contribution in [0.5, 0.6) is 0 Å². The fourth-order valence-electron chi connectivity index (χ4n) is 3.41. The van der Waals surface area contributed by atoms with Gasteiger partial charge in [-0.2, -0.15) is 0 Å². The van der Waals surface area contributed by atoms with Crippen LogP contribution >= 0.6 is 0 Å². The predicted molar refractivity (Wildman–Crippen MR) is 95.4 cm³/mol. The van der Waals surface area contributed by atoms with Gasteiger partial charge in [-0.1, -0.05) is 31.4 Å². The van der Waals surface area contributed by atoms with Gasteiger partial charge in [0.2, 0.25) is 0 Å². The molecule has 0 radical (unpaired) electrons. The quantitative estimate of drug-likeness (QED) is 0.758. The minimum atomic E-state index is -0.208. The summed E-state index contributed by atoms with van der Waals surface area (Å²) in [5.74, 6) is 0. The van der Waals surface area contributed by atoms with E-state index in [-0.39, 0.29) is 17.3 Å². The maximum Gasteiger partial charge on any atom is 0.331 e. The fourth-order valence-corrected chi connectivity index (χ4v) is 3.41. The molecule has 1 aliphatic carbocycles. The summed E-state index contributed by atoms with van der Waals surface area (Å²) in [6.07, 6.45) is 8.67. The van der Waals surface area contributed by atoms with Crippen molar-refractivity contribution in [2.75, 3.05) is 18.0 Å². The SMILES string of the molecule is C=CCN(CC=C)c1c(C)n(C)c(=O)n(C2CCCCC2)c1=O. The number of hydrogen-bond acceptors (Lipinski definition) is 3. The first-order valence-electron chi connectivity index (χ1n) is 8.31. The lowest BCUT2D eigenvalue weighted by Crippen LogP contribution is -2.46. The largest absolute Gasteiger partial charge is 0.358 e. The van der Waals surface area contributed by atoms with Crippen molar-refractivity contribution in [3.05, 3.63) is 51.8 Å². The van der Waals surface area contributed by atoms with Crippen LogP contribution in [0.25, 0.3) is 0 Å². The zero-order valence-electron chi connectivity index (χ0n) is 14.3. The van der Waals surface area contributed by atoms with Gasteiger partial charge in [0.05, 0.1) is 0 Å². The molecule has 0 aromatic carbocycles. The molecule has 1 aromatic rings. The van der Waals surface area contributed by atoms with E-state index >= 15 is 0 Å². The first-order valence-corrected chi connectivity index (χ1v) is 8.31. The van der Waals surface area contributed by atoms with Gasteiger partial charge in [-0.3, -0.25) is 13.9 Å². The van der Waals surface area contributed by atoms with E-state index in [1.807, 2.05) is 11.8 Å². The molecule has 1 heterocycles. The van der Waals surface area contributed by atoms with Crippen molar-refractivity contribution in [3.8, 4) is 0 Å². The molecule has 1 fully saturated rings. The van der Waals surface area contributed by atoms with Gasteiger partial charge in [0, 0.05) is 31.9 Å². The van der Waals surface area contributed by atoms with Crippen molar-refractivity contribution >= 4 is 5.69 Å². The second-order valence-corrected chi connectivity index (χ2v) is 6.22. The molecule has 0 aliphatic heterocycles. The van der Waals surface area contributed by atoms with E-state index in [2.05, 4.69) is 13.2 Å². The third-order valence-electron chi connectivity index (χ3n) is 4.72. The van der Waals surface area contributed by atoms with E-state index in [0.717, 1.165) is 25.7 Å². The van der Waals surface area contributed by atoms with Gasteiger partial charge >= 0.3 is 5.69 Å². The van der Waals surface area contributed by atoms with Gasteiger partial charge in [0.1, 0.15) is 5.69 Å². The van der Waals surface area contributed by atoms with Crippen molar-refractivity contribution in [1.29, 1.82) is 0 Å². The molecular weight excluding hydrogens is 290 g/mol. The highest BCUT2D eigenvalue weighted by molar-refractivity contribution is 5.50. The van der Waals surface area contributed by atoms with E-state index in [0.29, 0.717) is 24.5 Å². The number of rotatable bonds is 6. The third kappa shape index (κ3) is 3.33. The predicted octanol–water partition coefficient (Wildman–Crippen LogP) is 2.54. The molecule has 0 spiro atoms. The highest BCUT2D eigenvalue weighted by Gasteiger charge is 2.24. The molecule has 1 aromatic heterocycles. The van der Waals surface area contributed by atoms with E-state index in [1.165, 1.54) is 11.0 Å². The standard InChI is InChI=1S/C18H27N3O2/c1-5-12-20(13-6-2)16-14(3)19(4)18(23)21(17(16)22)15-10-8-7-9-11-15/h5-6,15H,1-2,7-13H2,3-4H3. The Labute approximate surface area is 137 Å². The summed E-state index contributed by atoms with van der Waals surface area (Å²) in [5.41, 5.74) is 0.884. The Hall–Kier alpha value is -2.04. The Bertz CT molecular complexity index is 683. The minimum absolute atomic E-state index is 0.0172. The molecule has 5 heteroatoms. The van der Waals surface area contributed by atoms with Crippen LogP contribution in [0.2, 0.25) is 0 Å². The number of anilines is 1. The highest BCUT2D eigenvalue weighted by atomic mass is 16.2. The minimum Gasteiger partial charge on any atom is -0.358 e. The average Bonchev–Trinajstić information content (AvgIpc) is 2.54. The van der Waals surface area contributed by atoms with Crippen LogP contribution < -0.4 is 16.1 Å². The summed E-state index contributed by atoms with van der Waals surface area (Å²) in [5, 5.41) is 0. The molecule has 0 saturated heterocycles. The summed E-state index contributed by atoms with van der Waals surface area (Å²) in [4.78, 5) is 27.7. The molecule has 2 rings (SSSR count). The van der Waals surface area contributed by atoms with Crippen LogP contribution in [-0.2, 0) is 7.05 Å². The van der Waals surface area contributed by atoms with Gasteiger partial charge in [0.15, 0.2) is 0 Å². The number of aromatic nitrogens is 2. The monoisotopic (exact) mass is 317 g/mol. The van der Waals surface area contributed by atoms with Crippen LogP contribution in [-0.4, -0.2) is 22.2 Å². The fraction of sp³-hybridized carbons (Fsp3) is 0.556. The maximum absolute atomic E-state index is 13.1. The van der Waals surface area contributed by atoms with Crippen LogP contribution in [0.15, 0.2) is 34.9 Å². The Morgan fingerprint density at radius 2 is 1.70 bits per heavy atom. The molecule has 5 nitrogen and oxygen atoms in total. The summed E-state index contributed by atoms with van der Waals surface area (Å²) < 4.78 is 3.06. The highest BCUT2D eigenvalue weighted by Crippen LogP contribution is 2.26. The maximum atomic E-state index is 13.1. The normalized spacial score (nSPS) is 15.4. The second kappa shape index (κ2) is 7.49. The molecule has 1 aliphatic rings. The third-order valence-corrected chi connectivity index (χ3v) is 4.72. The Morgan fingerprint density at radius 3 is 2.22 bits per heavy atom. The van der Waals surface area contributed by atoms with Gasteiger partial charge < -0.3 is 4.90 Å². The molecular formula is C18H27N3O2. The lowest BCUT2D eigenvalue weighted by Gasteiger charge is -2.28. The van der Waals surface area contributed by atoms with Gasteiger partial charge in [-0.25, -0.2) is 4.79 Å². The van der Waals surface area contributed by atoms with Crippen LogP contribution in [0, 0.1) is 6.92 Å². The molecule has 0 atom stereocenters. The lowest BCUT2D eigenvalue weighted by atomic mass is 9.95. The molecule has 126 valence electrons. The Kier molecular flexibility index (Phi) is 5.64. The van der Waals surface area contributed by atoms with Gasteiger partial charge in [-0.15, -0.1) is 13.2 Å². The van der Waals surface area contributed by atoms with Crippen LogP contribution in [0.3, 0.4) is 0 Å². The second-order valence-electron chi connectivity index (χ2n) is 6.22. The topological polar surface area (TPSA) is 47.2 Å². The first kappa shape index (κ1) is 17.3. The molecule has 0 N–H and O–H groups in total. The van der Waals surface area contributed by atoms with Crippen molar-refractivity contribution in [2.24, 2.45) is 7.05 Å². The van der Waals surface area contributed by atoms with Crippen molar-refractivity contribution < 1.29 is 0 Å². The number of nitrogens with zero attached hydrogens (tertiary/aromatic N) is 3. The molecule has 0 unspecified atom stereocenters. The van der Waals surface area contributed by atoms with E-state index in [1.54, 1.807) is 23.8 Å². The van der Waals surface area contributed by atoms with Gasteiger partial charge in [0.25, 0.3) is 5.56 Å². The van der Waals surface area contributed by atoms with Crippen molar-refractivity contribution in [2.45, 2.75) is 45.1 Å². The van der Waals surface area contributed by atoms with E-state index in [9.17, 15) is 9.59 Å². The Balaban J connectivity index is 2.64. The summed E-state index contributed by atoms with van der Waals surface area (Å²) >= 11 is 0.